The Morgan fingerprint density at radius 2 is 1.96 bits per heavy atom. The molecule has 4 N–H and O–H groups in total. The lowest BCUT2D eigenvalue weighted by Crippen LogP contribution is -2.09. The van der Waals surface area contributed by atoms with Gasteiger partial charge in [-0.2, -0.15) is 5.10 Å². The van der Waals surface area contributed by atoms with Gasteiger partial charge < -0.3 is 10.1 Å². The first-order chi connectivity index (χ1) is 12.0. The maximum absolute atomic E-state index is 11.9. The van der Waals surface area contributed by atoms with Crippen molar-refractivity contribution in [2.45, 2.75) is 0 Å². The molecule has 0 aliphatic carbocycles. The van der Waals surface area contributed by atoms with E-state index in [-0.39, 0.29) is 11.5 Å². The number of aromatic nitrogens is 4. The number of nitrogens with zero attached hydrogens (tertiary/aromatic N) is 2. The molecule has 4 aromatic rings. The Kier molecular flexibility index (Phi) is 3.40. The molecule has 124 valence electrons. The molecule has 2 heterocycles. The second-order valence-electron chi connectivity index (χ2n) is 5.32. The van der Waals surface area contributed by atoms with Crippen LogP contribution >= 0.6 is 11.6 Å². The maximum atomic E-state index is 11.9. The van der Waals surface area contributed by atoms with Gasteiger partial charge in [-0.15, -0.1) is 0 Å². The molecular formula is C16H10ClN5O3. The number of nitrogens with one attached hydrogen (secondary N) is 3. The normalized spacial score (nSPS) is 11.1. The number of anilines is 1. The molecule has 0 aliphatic rings. The predicted octanol–water partition coefficient (Wildman–Crippen LogP) is 3.21. The van der Waals surface area contributed by atoms with Crippen molar-refractivity contribution < 1.29 is 9.90 Å². The molecule has 0 fully saturated rings. The minimum atomic E-state index is -1.23. The highest BCUT2D eigenvalue weighted by molar-refractivity contribution is 6.35. The SMILES string of the molecule is O=C(O)Nc1nc2c(Cl)cc(-c3n[nH]c(=O)c4ccccc34)cc2[nH]1. The number of rotatable bonds is 2. The molecule has 0 unspecified atom stereocenters. The summed E-state index contributed by atoms with van der Waals surface area (Å²) in [5.41, 5.74) is 1.92. The van der Waals surface area contributed by atoms with Crippen LogP contribution in [0, 0.1) is 0 Å². The van der Waals surface area contributed by atoms with Gasteiger partial charge in [0.1, 0.15) is 5.52 Å². The molecule has 0 saturated heterocycles. The Hall–Kier alpha value is -3.39. The van der Waals surface area contributed by atoms with Crippen LogP contribution in [0.25, 0.3) is 33.1 Å². The smallest absolute Gasteiger partial charge is 0.411 e. The van der Waals surface area contributed by atoms with Gasteiger partial charge in [0.25, 0.3) is 5.56 Å². The largest absolute Gasteiger partial charge is 0.465 e. The molecule has 9 heteroatoms. The topological polar surface area (TPSA) is 124 Å². The van der Waals surface area contributed by atoms with Crippen LogP contribution in [0.4, 0.5) is 10.7 Å². The summed E-state index contributed by atoms with van der Waals surface area (Å²) in [5.74, 6) is 0.0702. The van der Waals surface area contributed by atoms with Crippen molar-refractivity contribution in [3.8, 4) is 11.3 Å². The van der Waals surface area contributed by atoms with Crippen LogP contribution < -0.4 is 10.9 Å². The van der Waals surface area contributed by atoms with Gasteiger partial charge in [0.2, 0.25) is 5.95 Å². The van der Waals surface area contributed by atoms with Gasteiger partial charge >= 0.3 is 6.09 Å². The molecule has 4 rings (SSSR count). The van der Waals surface area contributed by atoms with E-state index >= 15 is 0 Å². The van der Waals surface area contributed by atoms with Gasteiger partial charge in [0.05, 0.1) is 21.6 Å². The third-order valence-corrected chi connectivity index (χ3v) is 4.02. The van der Waals surface area contributed by atoms with Gasteiger partial charge in [0.15, 0.2) is 0 Å². The number of hydrogen-bond donors (Lipinski definition) is 4. The first-order valence-corrected chi connectivity index (χ1v) is 7.58. The van der Waals surface area contributed by atoms with Gasteiger partial charge in [-0.25, -0.2) is 14.9 Å². The summed E-state index contributed by atoms with van der Waals surface area (Å²) < 4.78 is 0. The van der Waals surface area contributed by atoms with E-state index in [1.165, 1.54) is 0 Å². The summed E-state index contributed by atoms with van der Waals surface area (Å²) in [6.45, 7) is 0. The average molecular weight is 356 g/mol. The minimum absolute atomic E-state index is 0.0702. The maximum Gasteiger partial charge on any atom is 0.411 e. The van der Waals surface area contributed by atoms with Crippen molar-refractivity contribution in [3.63, 3.8) is 0 Å². The zero-order valence-corrected chi connectivity index (χ0v) is 13.3. The fraction of sp³-hybridized carbons (Fsp3) is 0. The molecular weight excluding hydrogens is 346 g/mol. The molecule has 1 amide bonds. The van der Waals surface area contributed by atoms with Crippen LogP contribution in [0.3, 0.4) is 0 Å². The number of carbonyl (C=O) groups is 1. The monoisotopic (exact) mass is 355 g/mol. The number of carboxylic acid groups (broad SMARTS) is 1. The fourth-order valence-corrected chi connectivity index (χ4v) is 2.97. The minimum Gasteiger partial charge on any atom is -0.465 e. The van der Waals surface area contributed by atoms with E-state index in [0.717, 1.165) is 0 Å². The number of imidazole rings is 1. The lowest BCUT2D eigenvalue weighted by Gasteiger charge is -2.06. The number of H-pyrrole nitrogens is 2. The summed E-state index contributed by atoms with van der Waals surface area (Å²) in [6.07, 6.45) is -1.23. The van der Waals surface area contributed by atoms with Gasteiger partial charge in [-0.05, 0) is 18.2 Å². The Balaban J connectivity index is 1.94. The Labute approximate surface area is 144 Å². The highest BCUT2D eigenvalue weighted by Crippen LogP contribution is 2.32. The van der Waals surface area contributed by atoms with Crippen LogP contribution in [0.2, 0.25) is 5.02 Å². The van der Waals surface area contributed by atoms with E-state index in [1.807, 2.05) is 6.07 Å². The van der Waals surface area contributed by atoms with E-state index in [2.05, 4.69) is 25.5 Å². The Bertz CT molecular complexity index is 1200. The molecule has 2 aromatic carbocycles. The molecule has 0 radical (unpaired) electrons. The molecule has 25 heavy (non-hydrogen) atoms. The number of amides is 1. The number of benzene rings is 2. The molecule has 0 bridgehead atoms. The standard InChI is InChI=1S/C16H10ClN5O3/c17-10-5-7(6-11-13(10)19-15(18-11)20-16(24)25)12-8-3-1-2-4-9(8)14(23)22-21-12/h1-6H,(H,22,23)(H,24,25)(H2,18,19,20). The van der Waals surface area contributed by atoms with Crippen molar-refractivity contribution in [2.24, 2.45) is 0 Å². The highest BCUT2D eigenvalue weighted by atomic mass is 35.5. The molecule has 0 atom stereocenters. The summed E-state index contributed by atoms with van der Waals surface area (Å²) in [7, 11) is 0. The number of fused-ring (bicyclic) bond motifs is 2. The molecule has 0 aliphatic heterocycles. The van der Waals surface area contributed by atoms with E-state index in [1.54, 1.807) is 30.3 Å². The number of aromatic amines is 2. The van der Waals surface area contributed by atoms with Crippen molar-refractivity contribution in [2.75, 3.05) is 5.32 Å². The van der Waals surface area contributed by atoms with Gasteiger partial charge in [0, 0.05) is 10.9 Å². The molecule has 0 saturated carbocycles. The lowest BCUT2D eigenvalue weighted by atomic mass is 10.0. The quantitative estimate of drug-likeness (QED) is 0.439. The van der Waals surface area contributed by atoms with Crippen molar-refractivity contribution in [1.29, 1.82) is 0 Å². The first-order valence-electron chi connectivity index (χ1n) is 7.20. The van der Waals surface area contributed by atoms with Crippen molar-refractivity contribution >= 4 is 45.4 Å². The van der Waals surface area contributed by atoms with Crippen LogP contribution in [-0.2, 0) is 0 Å². The first kappa shape index (κ1) is 15.2. The Morgan fingerprint density at radius 1 is 1.20 bits per heavy atom. The molecule has 8 nitrogen and oxygen atoms in total. The van der Waals surface area contributed by atoms with E-state index < -0.39 is 6.09 Å². The second-order valence-corrected chi connectivity index (χ2v) is 5.72. The molecule has 0 spiro atoms. The fourth-order valence-electron chi connectivity index (χ4n) is 2.71. The van der Waals surface area contributed by atoms with E-state index in [4.69, 9.17) is 16.7 Å². The van der Waals surface area contributed by atoms with Crippen LogP contribution in [0.1, 0.15) is 0 Å². The zero-order valence-electron chi connectivity index (χ0n) is 12.5. The zero-order chi connectivity index (χ0) is 17.6. The van der Waals surface area contributed by atoms with Crippen molar-refractivity contribution in [3.05, 3.63) is 51.8 Å². The summed E-state index contributed by atoms with van der Waals surface area (Å²) >= 11 is 6.29. The number of halogens is 1. The van der Waals surface area contributed by atoms with Gasteiger partial charge in [-0.3, -0.25) is 10.1 Å². The van der Waals surface area contributed by atoms with E-state index in [9.17, 15) is 9.59 Å². The average Bonchev–Trinajstić information content (AvgIpc) is 2.97. The second kappa shape index (κ2) is 5.60. The van der Waals surface area contributed by atoms with Crippen LogP contribution in [0.5, 0.6) is 0 Å². The highest BCUT2D eigenvalue weighted by Gasteiger charge is 2.14. The van der Waals surface area contributed by atoms with Gasteiger partial charge in [-0.1, -0.05) is 29.8 Å². The summed E-state index contributed by atoms with van der Waals surface area (Å²) in [5, 5.41) is 19.1. The number of hydrogen-bond acceptors (Lipinski definition) is 4. The van der Waals surface area contributed by atoms with Crippen molar-refractivity contribution in [1.82, 2.24) is 20.2 Å². The van der Waals surface area contributed by atoms with Crippen LogP contribution in [0.15, 0.2) is 41.2 Å². The lowest BCUT2D eigenvalue weighted by molar-refractivity contribution is 0.209. The summed E-state index contributed by atoms with van der Waals surface area (Å²) in [4.78, 5) is 29.6. The Morgan fingerprint density at radius 3 is 2.72 bits per heavy atom. The van der Waals surface area contributed by atoms with E-state index in [0.29, 0.717) is 38.1 Å². The third-order valence-electron chi connectivity index (χ3n) is 3.73. The van der Waals surface area contributed by atoms with Crippen LogP contribution in [-0.4, -0.2) is 31.4 Å². The third kappa shape index (κ3) is 2.58. The molecule has 2 aromatic heterocycles. The summed E-state index contributed by atoms with van der Waals surface area (Å²) in [6, 6.07) is 10.5. The predicted molar refractivity (Wildman–Crippen MR) is 94.1 cm³/mol.